The van der Waals surface area contributed by atoms with Gasteiger partial charge in [-0.3, -0.25) is 4.79 Å². The highest BCUT2D eigenvalue weighted by Crippen LogP contribution is 2.30. The summed E-state index contributed by atoms with van der Waals surface area (Å²) in [5.74, 6) is -0.390. The first-order chi connectivity index (χ1) is 6.24. The van der Waals surface area contributed by atoms with E-state index in [9.17, 15) is 9.18 Å². The number of rotatable bonds is 1. The molecule has 0 aliphatic carbocycles. The molecule has 1 heterocycles. The predicted octanol–water partition coefficient (Wildman–Crippen LogP) is 3.16. The fourth-order valence-electron chi connectivity index (χ4n) is 1.32. The lowest BCUT2D eigenvalue weighted by molar-refractivity contribution is 0.112. The summed E-state index contributed by atoms with van der Waals surface area (Å²) in [6, 6.07) is 5.40. The number of fused-ring (bicyclic) bond motifs is 1. The molecule has 0 saturated carbocycles. The average molecular weight is 194 g/mol. The van der Waals surface area contributed by atoms with Gasteiger partial charge in [0.15, 0.2) is 12.1 Å². The number of carbonyl (C=O) groups is 1. The third kappa shape index (κ3) is 1.16. The van der Waals surface area contributed by atoms with Crippen LogP contribution in [0, 0.1) is 12.7 Å². The number of thiophene rings is 1. The van der Waals surface area contributed by atoms with Crippen molar-refractivity contribution >= 4 is 27.7 Å². The first kappa shape index (κ1) is 8.38. The lowest BCUT2D eigenvalue weighted by Crippen LogP contribution is -1.77. The van der Waals surface area contributed by atoms with Crippen molar-refractivity contribution in [2.45, 2.75) is 6.92 Å². The van der Waals surface area contributed by atoms with E-state index in [4.69, 9.17) is 0 Å². The van der Waals surface area contributed by atoms with Crippen LogP contribution in [0.5, 0.6) is 0 Å². The Morgan fingerprint density at radius 1 is 1.46 bits per heavy atom. The molecule has 0 aliphatic heterocycles. The second kappa shape index (κ2) is 2.92. The number of halogens is 1. The largest absolute Gasteiger partial charge is 0.297 e. The second-order valence-electron chi connectivity index (χ2n) is 2.85. The maximum absolute atomic E-state index is 13.4. The van der Waals surface area contributed by atoms with Gasteiger partial charge in [-0.15, -0.1) is 11.3 Å². The van der Waals surface area contributed by atoms with Gasteiger partial charge in [0.25, 0.3) is 0 Å². The van der Waals surface area contributed by atoms with Crippen molar-refractivity contribution in [3.05, 3.63) is 34.5 Å². The standard InChI is InChI=1S/C10H7FOS/c1-6-3-2-4-7-9(11)8(5-12)13-10(6)7/h2-5H,1H3. The smallest absolute Gasteiger partial charge is 0.163 e. The minimum atomic E-state index is -0.390. The van der Waals surface area contributed by atoms with Crippen LogP contribution in [0.15, 0.2) is 18.2 Å². The Bertz CT molecular complexity index is 473. The zero-order chi connectivity index (χ0) is 9.42. The van der Waals surface area contributed by atoms with Crippen LogP contribution in [0.2, 0.25) is 0 Å². The molecule has 0 spiro atoms. The van der Waals surface area contributed by atoms with Crippen LogP contribution in [-0.4, -0.2) is 6.29 Å². The van der Waals surface area contributed by atoms with Crippen molar-refractivity contribution in [3.63, 3.8) is 0 Å². The van der Waals surface area contributed by atoms with Gasteiger partial charge in [0, 0.05) is 10.1 Å². The molecule has 0 aliphatic rings. The molecule has 13 heavy (non-hydrogen) atoms. The molecule has 2 aromatic rings. The monoisotopic (exact) mass is 194 g/mol. The summed E-state index contributed by atoms with van der Waals surface area (Å²) in [5, 5.41) is 0.548. The van der Waals surface area contributed by atoms with Crippen molar-refractivity contribution < 1.29 is 9.18 Å². The van der Waals surface area contributed by atoms with E-state index < -0.39 is 5.82 Å². The Labute approximate surface area is 78.8 Å². The van der Waals surface area contributed by atoms with Crippen molar-refractivity contribution in [2.75, 3.05) is 0 Å². The Hall–Kier alpha value is -1.22. The summed E-state index contributed by atoms with van der Waals surface area (Å²) < 4.78 is 14.3. The molecule has 1 aromatic heterocycles. The third-order valence-corrected chi connectivity index (χ3v) is 3.23. The van der Waals surface area contributed by atoms with Gasteiger partial charge in [0.2, 0.25) is 0 Å². The summed E-state index contributed by atoms with van der Waals surface area (Å²) in [5.41, 5.74) is 1.01. The van der Waals surface area contributed by atoms with Crippen molar-refractivity contribution in [2.24, 2.45) is 0 Å². The molecule has 0 saturated heterocycles. The number of carbonyl (C=O) groups excluding carboxylic acids is 1. The van der Waals surface area contributed by atoms with E-state index in [2.05, 4.69) is 0 Å². The van der Waals surface area contributed by atoms with Crippen LogP contribution in [0.1, 0.15) is 15.2 Å². The third-order valence-electron chi connectivity index (χ3n) is 1.98. The van der Waals surface area contributed by atoms with E-state index in [1.807, 2.05) is 13.0 Å². The van der Waals surface area contributed by atoms with Gasteiger partial charge in [0.05, 0.1) is 0 Å². The van der Waals surface area contributed by atoms with Gasteiger partial charge in [-0.2, -0.15) is 0 Å². The normalized spacial score (nSPS) is 10.6. The summed E-state index contributed by atoms with van der Waals surface area (Å²) in [6.45, 7) is 1.91. The first-order valence-electron chi connectivity index (χ1n) is 3.87. The van der Waals surface area contributed by atoms with Crippen molar-refractivity contribution in [3.8, 4) is 0 Å². The van der Waals surface area contributed by atoms with E-state index in [0.29, 0.717) is 11.7 Å². The summed E-state index contributed by atoms with van der Waals surface area (Å²) in [7, 11) is 0. The van der Waals surface area contributed by atoms with Crippen molar-refractivity contribution in [1.29, 1.82) is 0 Å². The Morgan fingerprint density at radius 2 is 2.23 bits per heavy atom. The molecule has 1 nitrogen and oxygen atoms in total. The average Bonchev–Trinajstić information content (AvgIpc) is 2.45. The van der Waals surface area contributed by atoms with E-state index in [1.54, 1.807) is 12.1 Å². The number of aldehydes is 1. The highest BCUT2D eigenvalue weighted by molar-refractivity contribution is 7.20. The quantitative estimate of drug-likeness (QED) is 0.637. The first-order valence-corrected chi connectivity index (χ1v) is 4.68. The SMILES string of the molecule is Cc1cccc2c(F)c(C=O)sc12. The molecule has 0 N–H and O–H groups in total. The van der Waals surface area contributed by atoms with Gasteiger partial charge in [0.1, 0.15) is 4.88 Å². The molecule has 0 fully saturated rings. The highest BCUT2D eigenvalue weighted by Gasteiger charge is 2.11. The molecule has 0 atom stereocenters. The molecule has 0 bridgehead atoms. The Kier molecular flexibility index (Phi) is 1.88. The van der Waals surface area contributed by atoms with E-state index >= 15 is 0 Å². The van der Waals surface area contributed by atoms with E-state index in [0.717, 1.165) is 10.3 Å². The molecule has 0 radical (unpaired) electrons. The number of hydrogen-bond donors (Lipinski definition) is 0. The predicted molar refractivity (Wildman–Crippen MR) is 51.9 cm³/mol. The maximum atomic E-state index is 13.4. The molecule has 2 rings (SSSR count). The number of hydrogen-bond acceptors (Lipinski definition) is 2. The molecular formula is C10H7FOS. The molecule has 1 aromatic carbocycles. The Balaban J connectivity index is 2.91. The van der Waals surface area contributed by atoms with Crippen LogP contribution in [0.25, 0.3) is 10.1 Å². The fraction of sp³-hybridized carbons (Fsp3) is 0.100. The maximum Gasteiger partial charge on any atom is 0.163 e. The van der Waals surface area contributed by atoms with E-state index in [-0.39, 0.29) is 4.88 Å². The zero-order valence-corrected chi connectivity index (χ0v) is 7.82. The zero-order valence-electron chi connectivity index (χ0n) is 7.00. The summed E-state index contributed by atoms with van der Waals surface area (Å²) in [4.78, 5) is 10.7. The van der Waals surface area contributed by atoms with Crippen LogP contribution in [-0.2, 0) is 0 Å². The lowest BCUT2D eigenvalue weighted by Gasteiger charge is -1.92. The summed E-state index contributed by atoms with van der Waals surface area (Å²) in [6.07, 6.45) is 0.569. The van der Waals surface area contributed by atoms with Crippen LogP contribution < -0.4 is 0 Å². The van der Waals surface area contributed by atoms with E-state index in [1.165, 1.54) is 11.3 Å². The van der Waals surface area contributed by atoms with Crippen molar-refractivity contribution in [1.82, 2.24) is 0 Å². The highest BCUT2D eigenvalue weighted by atomic mass is 32.1. The van der Waals surface area contributed by atoms with Gasteiger partial charge in [-0.05, 0) is 12.5 Å². The van der Waals surface area contributed by atoms with Gasteiger partial charge in [-0.1, -0.05) is 18.2 Å². The molecular weight excluding hydrogens is 187 g/mol. The van der Waals surface area contributed by atoms with Crippen LogP contribution in [0.4, 0.5) is 4.39 Å². The van der Waals surface area contributed by atoms with Gasteiger partial charge in [-0.25, -0.2) is 4.39 Å². The minimum Gasteiger partial charge on any atom is -0.297 e. The van der Waals surface area contributed by atoms with Crippen LogP contribution in [0.3, 0.4) is 0 Å². The van der Waals surface area contributed by atoms with Gasteiger partial charge < -0.3 is 0 Å². The number of aryl methyl sites for hydroxylation is 1. The number of benzene rings is 1. The Morgan fingerprint density at radius 3 is 2.85 bits per heavy atom. The molecule has 0 amide bonds. The lowest BCUT2D eigenvalue weighted by atomic mass is 10.2. The fourth-order valence-corrected chi connectivity index (χ4v) is 2.29. The van der Waals surface area contributed by atoms with Crippen LogP contribution >= 0.6 is 11.3 Å². The summed E-state index contributed by atoms with van der Waals surface area (Å²) >= 11 is 1.21. The topological polar surface area (TPSA) is 17.1 Å². The second-order valence-corrected chi connectivity index (χ2v) is 3.90. The van der Waals surface area contributed by atoms with Gasteiger partial charge >= 0.3 is 0 Å². The molecule has 0 unspecified atom stereocenters. The minimum absolute atomic E-state index is 0.185. The molecule has 3 heteroatoms. The molecule has 66 valence electrons.